The van der Waals surface area contributed by atoms with Crippen molar-refractivity contribution in [3.05, 3.63) is 92.0 Å². The minimum atomic E-state index is -1.23. The molecule has 12 heteroatoms. The molecule has 2 aromatic rings. The van der Waals surface area contributed by atoms with Crippen LogP contribution < -0.4 is 0 Å². The predicted molar refractivity (Wildman–Crippen MR) is 162 cm³/mol. The van der Waals surface area contributed by atoms with Crippen molar-refractivity contribution in [2.45, 2.75) is 51.9 Å². The molecule has 2 aromatic carbocycles. The van der Waals surface area contributed by atoms with Gasteiger partial charge >= 0.3 is 11.9 Å². The summed E-state index contributed by atoms with van der Waals surface area (Å²) in [6, 6.07) is 10.2. The lowest BCUT2D eigenvalue weighted by atomic mass is 9.36. The summed E-state index contributed by atoms with van der Waals surface area (Å²) in [5, 5.41) is 22.1. The SMILES string of the molecule is C=C1C(=O)C23CC[C@H]1CC2[C@]1(COC(=O)c2ccc([N+](=O)[O-])cc2)CCC[C@@](C)(COC(=O)c2ccc([N+](=O)[O-])cc2)C1CC3=O. The van der Waals surface area contributed by atoms with Gasteiger partial charge in [-0.3, -0.25) is 29.8 Å². The van der Waals surface area contributed by atoms with Crippen LogP contribution in [0.5, 0.6) is 0 Å². The number of benzene rings is 2. The third kappa shape index (κ3) is 4.81. The molecule has 2 bridgehead atoms. The molecule has 3 unspecified atom stereocenters. The van der Waals surface area contributed by atoms with Crippen molar-refractivity contribution in [2.75, 3.05) is 13.2 Å². The fourth-order valence-corrected chi connectivity index (χ4v) is 9.01. The number of nitro groups is 2. The Morgan fingerprint density at radius 3 is 1.93 bits per heavy atom. The Kier molecular flexibility index (Phi) is 7.64. The van der Waals surface area contributed by atoms with Crippen LogP contribution >= 0.6 is 0 Å². The zero-order valence-electron chi connectivity index (χ0n) is 25.4. The Morgan fingerprint density at radius 1 is 0.848 bits per heavy atom. The van der Waals surface area contributed by atoms with Crippen LogP contribution in [0.1, 0.15) is 72.6 Å². The van der Waals surface area contributed by atoms with Crippen molar-refractivity contribution in [3.63, 3.8) is 0 Å². The Hall–Kier alpha value is -4.74. The highest BCUT2D eigenvalue weighted by molar-refractivity contribution is 6.16. The first kappa shape index (κ1) is 31.3. The van der Waals surface area contributed by atoms with Crippen molar-refractivity contribution >= 4 is 34.9 Å². The molecule has 5 saturated carbocycles. The van der Waals surface area contributed by atoms with Gasteiger partial charge in [-0.05, 0) is 79.7 Å². The molecule has 12 nitrogen and oxygen atoms in total. The number of carbonyl (C=O) groups is 4. The van der Waals surface area contributed by atoms with E-state index in [0.29, 0.717) is 44.1 Å². The van der Waals surface area contributed by atoms with E-state index in [-0.39, 0.29) is 65.5 Å². The molecule has 0 N–H and O–H groups in total. The average molecular weight is 631 g/mol. The summed E-state index contributed by atoms with van der Waals surface area (Å²) >= 11 is 0. The van der Waals surface area contributed by atoms with Crippen molar-refractivity contribution in [1.82, 2.24) is 0 Å². The van der Waals surface area contributed by atoms with Gasteiger partial charge in [-0.2, -0.15) is 0 Å². The van der Waals surface area contributed by atoms with Gasteiger partial charge in [-0.1, -0.05) is 19.9 Å². The third-order valence-corrected chi connectivity index (χ3v) is 11.3. The molecule has 0 heterocycles. The zero-order chi connectivity index (χ0) is 33.0. The highest BCUT2D eigenvalue weighted by Crippen LogP contribution is 2.70. The molecular weight excluding hydrogens is 596 g/mol. The second kappa shape index (κ2) is 11.3. The molecule has 7 rings (SSSR count). The van der Waals surface area contributed by atoms with E-state index in [1.807, 2.05) is 6.92 Å². The van der Waals surface area contributed by atoms with Gasteiger partial charge in [0.25, 0.3) is 11.4 Å². The van der Waals surface area contributed by atoms with Crippen LogP contribution in [-0.4, -0.2) is 46.6 Å². The van der Waals surface area contributed by atoms with Gasteiger partial charge in [0.15, 0.2) is 5.78 Å². The van der Waals surface area contributed by atoms with E-state index in [0.717, 1.165) is 0 Å². The summed E-state index contributed by atoms with van der Waals surface area (Å²) in [6.45, 7) is 5.90. The van der Waals surface area contributed by atoms with Crippen molar-refractivity contribution < 1.29 is 38.5 Å². The second-order valence-corrected chi connectivity index (χ2v) is 13.5. The van der Waals surface area contributed by atoms with Gasteiger partial charge in [0.05, 0.1) is 39.6 Å². The van der Waals surface area contributed by atoms with Gasteiger partial charge in [0, 0.05) is 41.5 Å². The van der Waals surface area contributed by atoms with Crippen LogP contribution in [0.4, 0.5) is 11.4 Å². The van der Waals surface area contributed by atoms with E-state index in [1.165, 1.54) is 48.5 Å². The largest absolute Gasteiger partial charge is 0.462 e. The number of hydrogen-bond donors (Lipinski definition) is 0. The number of nitro benzene ring substituents is 2. The molecule has 6 atom stereocenters. The molecule has 0 amide bonds. The maximum Gasteiger partial charge on any atom is 0.338 e. The number of esters is 2. The smallest absolute Gasteiger partial charge is 0.338 e. The number of nitrogens with zero attached hydrogens (tertiary/aromatic N) is 2. The number of Topliss-reactive ketones (excluding diaryl/α,β-unsaturated/α-hetero) is 2. The summed E-state index contributed by atoms with van der Waals surface area (Å²) in [5.74, 6) is -2.51. The lowest BCUT2D eigenvalue weighted by molar-refractivity contribution is -0.385. The predicted octanol–water partition coefficient (Wildman–Crippen LogP) is 5.82. The van der Waals surface area contributed by atoms with Gasteiger partial charge in [-0.25, -0.2) is 9.59 Å². The minimum absolute atomic E-state index is 0.0391. The van der Waals surface area contributed by atoms with E-state index >= 15 is 0 Å². The lowest BCUT2D eigenvalue weighted by Gasteiger charge is -2.66. The number of rotatable bonds is 8. The van der Waals surface area contributed by atoms with Crippen LogP contribution in [0, 0.1) is 54.2 Å². The first-order valence-electron chi connectivity index (χ1n) is 15.4. The van der Waals surface area contributed by atoms with Crippen LogP contribution in [-0.2, 0) is 19.1 Å². The maximum absolute atomic E-state index is 14.2. The van der Waals surface area contributed by atoms with Crippen LogP contribution in [0.25, 0.3) is 0 Å². The van der Waals surface area contributed by atoms with Gasteiger partial charge in [-0.15, -0.1) is 0 Å². The van der Waals surface area contributed by atoms with E-state index < -0.39 is 43.9 Å². The van der Waals surface area contributed by atoms with Gasteiger partial charge in [0.1, 0.15) is 5.78 Å². The Balaban J connectivity index is 1.31. The molecule has 5 fully saturated rings. The lowest BCUT2D eigenvalue weighted by Crippen LogP contribution is -2.69. The van der Waals surface area contributed by atoms with E-state index in [1.54, 1.807) is 0 Å². The number of carbonyl (C=O) groups excluding carboxylic acids is 4. The second-order valence-electron chi connectivity index (χ2n) is 13.5. The molecule has 46 heavy (non-hydrogen) atoms. The van der Waals surface area contributed by atoms with Gasteiger partial charge in [0.2, 0.25) is 0 Å². The molecule has 5 aliphatic carbocycles. The Labute approximate surface area is 264 Å². The molecular formula is C34H34N2O10. The Bertz CT molecular complexity index is 1670. The first-order valence-corrected chi connectivity index (χ1v) is 15.4. The monoisotopic (exact) mass is 630 g/mol. The number of hydrogen-bond acceptors (Lipinski definition) is 10. The van der Waals surface area contributed by atoms with Crippen LogP contribution in [0.2, 0.25) is 0 Å². The normalized spacial score (nSPS) is 31.4. The Morgan fingerprint density at radius 2 is 1.39 bits per heavy atom. The number of ether oxygens (including phenoxy) is 2. The fraction of sp³-hybridized carbons (Fsp3) is 0.471. The molecule has 5 aliphatic rings. The molecule has 240 valence electrons. The summed E-state index contributed by atoms with van der Waals surface area (Å²) < 4.78 is 11.8. The average Bonchev–Trinajstić information content (AvgIpc) is 3.05. The van der Waals surface area contributed by atoms with Crippen LogP contribution in [0.3, 0.4) is 0 Å². The summed E-state index contributed by atoms with van der Waals surface area (Å²) in [4.78, 5) is 75.3. The number of non-ortho nitro benzene ring substituents is 2. The summed E-state index contributed by atoms with van der Waals surface area (Å²) in [5.41, 5.74) is -2.23. The number of allylic oxidation sites excluding steroid dienone is 1. The van der Waals surface area contributed by atoms with Crippen molar-refractivity contribution in [1.29, 1.82) is 0 Å². The first-order chi connectivity index (χ1) is 21.8. The fourth-order valence-electron chi connectivity index (χ4n) is 9.01. The van der Waals surface area contributed by atoms with E-state index in [2.05, 4.69) is 6.58 Å². The molecule has 1 spiro atoms. The molecule has 0 radical (unpaired) electrons. The van der Waals surface area contributed by atoms with E-state index in [9.17, 15) is 39.4 Å². The highest BCUT2D eigenvalue weighted by atomic mass is 16.6. The summed E-state index contributed by atoms with van der Waals surface area (Å²) in [7, 11) is 0. The molecule has 0 aromatic heterocycles. The molecule has 0 aliphatic heterocycles. The quantitative estimate of drug-likeness (QED) is 0.114. The van der Waals surface area contributed by atoms with Gasteiger partial charge < -0.3 is 9.47 Å². The minimum Gasteiger partial charge on any atom is -0.462 e. The maximum atomic E-state index is 14.2. The topological polar surface area (TPSA) is 173 Å². The third-order valence-electron chi connectivity index (χ3n) is 11.3. The standard InChI is InChI=1S/C34H34N2O10/c1-20-23-12-15-34(29(20)38)27(16-23)33(19-46-31(40)22-6-10-25(11-7-22)36(43)44)14-3-13-32(2,26(33)17-28(34)37)18-45-30(39)21-4-8-24(9-5-21)35(41)42/h4-11,23,26-27H,1,3,12-19H2,2H3/t23-,26?,27?,32-,33-,34?/m0/s1. The zero-order valence-corrected chi connectivity index (χ0v) is 25.4. The van der Waals surface area contributed by atoms with Crippen LogP contribution in [0.15, 0.2) is 60.7 Å². The highest BCUT2D eigenvalue weighted by Gasteiger charge is 2.72. The van der Waals surface area contributed by atoms with Crippen molar-refractivity contribution in [2.24, 2.45) is 34.0 Å². The number of fused-ring (bicyclic) bond motifs is 3. The molecule has 0 saturated heterocycles. The van der Waals surface area contributed by atoms with Crippen molar-refractivity contribution in [3.8, 4) is 0 Å². The number of ketones is 2. The van der Waals surface area contributed by atoms with E-state index in [4.69, 9.17) is 9.47 Å². The summed E-state index contributed by atoms with van der Waals surface area (Å²) in [6.07, 6.45) is 3.65.